The average Bonchev–Trinajstić information content (AvgIpc) is 2.27. The summed E-state index contributed by atoms with van der Waals surface area (Å²) < 4.78 is 10.1. The normalized spacial score (nSPS) is 23.1. The molecule has 0 N–H and O–H groups in total. The lowest BCUT2D eigenvalue weighted by Crippen LogP contribution is -2.47. The first-order valence-electron chi connectivity index (χ1n) is 6.28. The summed E-state index contributed by atoms with van der Waals surface area (Å²) in [4.78, 5) is 28.8. The minimum atomic E-state index is -0.913. The monoisotopic (exact) mass is 272 g/mol. The second-order valence-electron chi connectivity index (χ2n) is 5.21. The molecule has 1 aliphatic heterocycles. The maximum atomic E-state index is 11.9. The van der Waals surface area contributed by atoms with Crippen LogP contribution < -0.4 is 0 Å². The number of nitrogens with zero attached hydrogens (tertiary/aromatic N) is 1. The Labute approximate surface area is 113 Å². The summed E-state index contributed by atoms with van der Waals surface area (Å²) in [5.41, 5.74) is -0.624. The van der Waals surface area contributed by atoms with Crippen molar-refractivity contribution in [2.45, 2.75) is 52.4 Å². The number of esters is 1. The van der Waals surface area contributed by atoms with E-state index in [4.69, 9.17) is 14.3 Å². The predicted molar refractivity (Wildman–Crippen MR) is 68.2 cm³/mol. The van der Waals surface area contributed by atoms with Gasteiger partial charge in [-0.05, 0) is 40.7 Å². The number of hydrogen-bond donors (Lipinski definition) is 0. The third-order valence-electron chi connectivity index (χ3n) is 2.25. The second kappa shape index (κ2) is 6.06. The van der Waals surface area contributed by atoms with Gasteiger partial charge in [0.1, 0.15) is 5.60 Å². The first kappa shape index (κ1) is 15.5. The summed E-state index contributed by atoms with van der Waals surface area (Å²) in [6, 6.07) is -0.305. The smallest absolute Gasteiger partial charge is 0.435 e. The molecule has 0 aromatic rings. The fourth-order valence-corrected chi connectivity index (χ4v) is 1.46. The Morgan fingerprint density at radius 1 is 1.32 bits per heavy atom. The zero-order valence-corrected chi connectivity index (χ0v) is 12.0. The first-order chi connectivity index (χ1) is 8.74. The second-order valence-corrected chi connectivity index (χ2v) is 5.21. The molecule has 1 aliphatic rings. The van der Waals surface area contributed by atoms with Crippen molar-refractivity contribution < 1.29 is 23.9 Å². The summed E-state index contributed by atoms with van der Waals surface area (Å²) in [5, 5.41) is 1.05. The zero-order valence-electron chi connectivity index (χ0n) is 12.0. The standard InChI is InChI=1S/C13H21NO5/c1-6-17-11(15)10-8-7-9(2)14(19-10)12(16)18-13(3,4)5/h7-10H,6H2,1-5H3/t9-,10-/m0/s1/i14+1. The van der Waals surface area contributed by atoms with Crippen LogP contribution in [0.2, 0.25) is 0 Å². The lowest BCUT2D eigenvalue weighted by Gasteiger charge is -2.33. The molecule has 0 unspecified atom stereocenters. The van der Waals surface area contributed by atoms with Gasteiger partial charge in [0.25, 0.3) is 0 Å². The number of carbonyl (C=O) groups is 2. The first-order valence-corrected chi connectivity index (χ1v) is 6.28. The molecule has 0 radical (unpaired) electrons. The van der Waals surface area contributed by atoms with Crippen LogP contribution in [0.5, 0.6) is 0 Å². The Bertz CT molecular complexity index is 372. The molecule has 0 saturated heterocycles. The van der Waals surface area contributed by atoms with Gasteiger partial charge in [-0.1, -0.05) is 6.08 Å². The van der Waals surface area contributed by atoms with Gasteiger partial charge in [-0.25, -0.2) is 14.4 Å². The molecular formula is C13H21NO5. The highest BCUT2D eigenvalue weighted by Gasteiger charge is 2.33. The van der Waals surface area contributed by atoms with Crippen molar-refractivity contribution in [1.82, 2.24) is 5.06 Å². The topological polar surface area (TPSA) is 65.1 Å². The van der Waals surface area contributed by atoms with E-state index in [1.54, 1.807) is 46.8 Å². The molecule has 6 heteroatoms. The minimum absolute atomic E-state index is 0.258. The molecular weight excluding hydrogens is 251 g/mol. The van der Waals surface area contributed by atoms with Crippen LogP contribution in [0, 0.1) is 0 Å². The molecule has 0 bridgehead atoms. The molecule has 2 atom stereocenters. The van der Waals surface area contributed by atoms with E-state index in [0.29, 0.717) is 0 Å². The SMILES string of the molecule is CCOC(=O)[C@@H]1C=C[C@H](C)[15N](C(=O)OC(C)(C)C)O1. The highest BCUT2D eigenvalue weighted by Crippen LogP contribution is 2.18. The molecule has 0 aromatic carbocycles. The predicted octanol–water partition coefficient (Wildman–Crippen LogP) is 2.05. The van der Waals surface area contributed by atoms with Crippen LogP contribution in [0.25, 0.3) is 0 Å². The van der Waals surface area contributed by atoms with Gasteiger partial charge in [0, 0.05) is 0 Å². The Kier molecular flexibility index (Phi) is 4.94. The molecule has 6 nitrogen and oxygen atoms in total. The van der Waals surface area contributed by atoms with Crippen molar-refractivity contribution in [3.05, 3.63) is 12.2 Å². The third-order valence-corrected chi connectivity index (χ3v) is 2.25. The maximum Gasteiger partial charge on any atom is 0.435 e. The van der Waals surface area contributed by atoms with Crippen molar-refractivity contribution >= 4 is 12.1 Å². The van der Waals surface area contributed by atoms with E-state index in [2.05, 4.69) is 0 Å². The molecule has 108 valence electrons. The van der Waals surface area contributed by atoms with Gasteiger partial charge in [0.2, 0.25) is 6.10 Å². The summed E-state index contributed by atoms with van der Waals surface area (Å²) in [5.74, 6) is -0.529. The van der Waals surface area contributed by atoms with Gasteiger partial charge in [0.05, 0.1) is 12.6 Å². The van der Waals surface area contributed by atoms with Crippen LogP contribution in [-0.2, 0) is 19.1 Å². The largest absolute Gasteiger partial charge is 0.464 e. The third kappa shape index (κ3) is 4.55. The molecule has 0 spiro atoms. The van der Waals surface area contributed by atoms with E-state index >= 15 is 0 Å². The molecule has 1 amide bonds. The Hall–Kier alpha value is -1.56. The maximum absolute atomic E-state index is 11.9. The van der Waals surface area contributed by atoms with Gasteiger partial charge < -0.3 is 9.47 Å². The van der Waals surface area contributed by atoms with E-state index < -0.39 is 23.8 Å². The molecule has 0 aliphatic carbocycles. The molecule has 0 fully saturated rings. The molecule has 0 aromatic heterocycles. The zero-order chi connectivity index (χ0) is 14.6. The summed E-state index contributed by atoms with van der Waals surface area (Å²) in [6.07, 6.45) is 1.74. The van der Waals surface area contributed by atoms with Gasteiger partial charge in [0.15, 0.2) is 0 Å². The summed E-state index contributed by atoms with van der Waals surface area (Å²) >= 11 is 0. The summed E-state index contributed by atoms with van der Waals surface area (Å²) in [7, 11) is 0. The lowest BCUT2D eigenvalue weighted by atomic mass is 10.2. The number of hydroxylamine groups is 2. The van der Waals surface area contributed by atoms with Crippen LogP contribution in [0.3, 0.4) is 0 Å². The van der Waals surface area contributed by atoms with Gasteiger partial charge >= 0.3 is 12.1 Å². The molecule has 1 heterocycles. The molecule has 0 saturated carbocycles. The number of rotatable bonds is 2. The average molecular weight is 272 g/mol. The van der Waals surface area contributed by atoms with Crippen molar-refractivity contribution in [1.29, 1.82) is 0 Å². The van der Waals surface area contributed by atoms with Crippen LogP contribution in [-0.4, -0.2) is 41.5 Å². The number of carbonyl (C=O) groups excluding carboxylic acids is 2. The van der Waals surface area contributed by atoms with Crippen molar-refractivity contribution in [3.8, 4) is 0 Å². The van der Waals surface area contributed by atoms with E-state index in [1.165, 1.54) is 0 Å². The Balaban J connectivity index is 2.72. The van der Waals surface area contributed by atoms with Crippen LogP contribution in [0.15, 0.2) is 12.2 Å². The highest BCUT2D eigenvalue weighted by atomic mass is 16.9. The van der Waals surface area contributed by atoms with Gasteiger partial charge in [-0.3, -0.25) is 0 Å². The fraction of sp³-hybridized carbons (Fsp3) is 0.692. The highest BCUT2D eigenvalue weighted by molar-refractivity contribution is 5.78. The van der Waals surface area contributed by atoms with E-state index in [9.17, 15) is 9.59 Å². The van der Waals surface area contributed by atoms with E-state index in [0.717, 1.165) is 5.06 Å². The minimum Gasteiger partial charge on any atom is -0.464 e. The summed E-state index contributed by atoms with van der Waals surface area (Å²) in [6.45, 7) is 9.02. The van der Waals surface area contributed by atoms with Gasteiger partial charge in [-0.15, -0.1) is 0 Å². The fourth-order valence-electron chi connectivity index (χ4n) is 1.46. The Morgan fingerprint density at radius 3 is 2.47 bits per heavy atom. The van der Waals surface area contributed by atoms with Crippen LogP contribution in [0.1, 0.15) is 34.6 Å². The van der Waals surface area contributed by atoms with E-state index in [1.807, 2.05) is 0 Å². The Morgan fingerprint density at radius 2 is 1.95 bits per heavy atom. The van der Waals surface area contributed by atoms with Crippen molar-refractivity contribution in [2.24, 2.45) is 0 Å². The molecule has 19 heavy (non-hydrogen) atoms. The van der Waals surface area contributed by atoms with Crippen molar-refractivity contribution in [3.63, 3.8) is 0 Å². The number of amides is 1. The number of hydrogen-bond acceptors (Lipinski definition) is 5. The van der Waals surface area contributed by atoms with Crippen LogP contribution in [0.4, 0.5) is 4.79 Å². The molecule has 1 rings (SSSR count). The quantitative estimate of drug-likeness (QED) is 0.437. The lowest BCUT2D eigenvalue weighted by molar-refractivity contribution is -0.203. The van der Waals surface area contributed by atoms with Crippen LogP contribution >= 0.6 is 0 Å². The van der Waals surface area contributed by atoms with Gasteiger partial charge in [-0.2, -0.15) is 5.06 Å². The number of ether oxygens (including phenoxy) is 2. The van der Waals surface area contributed by atoms with Crippen molar-refractivity contribution in [2.75, 3.05) is 6.61 Å². The van der Waals surface area contributed by atoms with E-state index in [-0.39, 0.29) is 12.6 Å².